The van der Waals surface area contributed by atoms with E-state index in [-0.39, 0.29) is 24.4 Å². The van der Waals surface area contributed by atoms with Gasteiger partial charge in [0.05, 0.1) is 21.3 Å². The van der Waals surface area contributed by atoms with Crippen LogP contribution in [0.15, 0.2) is 42.5 Å². The summed E-state index contributed by atoms with van der Waals surface area (Å²) < 4.78 is 16.2. The van der Waals surface area contributed by atoms with Crippen molar-refractivity contribution in [1.29, 1.82) is 0 Å². The molecule has 2 aromatic rings. The van der Waals surface area contributed by atoms with E-state index >= 15 is 0 Å². The lowest BCUT2D eigenvalue weighted by Gasteiger charge is -2.44. The van der Waals surface area contributed by atoms with Gasteiger partial charge >= 0.3 is 0 Å². The van der Waals surface area contributed by atoms with Gasteiger partial charge in [0.2, 0.25) is 5.91 Å². The first-order chi connectivity index (χ1) is 16.5. The first kappa shape index (κ1) is 23.9. The number of hydrogen-bond donors (Lipinski definition) is 0. The molecule has 34 heavy (non-hydrogen) atoms. The number of hydrogen-bond acceptors (Lipinski definition) is 5. The second kappa shape index (κ2) is 10.8. The van der Waals surface area contributed by atoms with Gasteiger partial charge in [0.1, 0.15) is 18.3 Å². The maximum Gasteiger partial charge on any atom is 0.250 e. The molecule has 1 atom stereocenters. The monoisotopic (exact) mass is 466 g/mol. The predicted molar refractivity (Wildman–Crippen MR) is 129 cm³/mol. The van der Waals surface area contributed by atoms with Crippen LogP contribution in [-0.2, 0) is 16.0 Å². The molecule has 0 bridgehead atoms. The van der Waals surface area contributed by atoms with Crippen molar-refractivity contribution >= 4 is 11.8 Å². The molecule has 0 aromatic heterocycles. The Morgan fingerprint density at radius 1 is 0.882 bits per heavy atom. The van der Waals surface area contributed by atoms with Crippen molar-refractivity contribution in [3.05, 3.63) is 53.6 Å². The molecule has 1 aliphatic carbocycles. The fourth-order valence-electron chi connectivity index (χ4n) is 5.12. The van der Waals surface area contributed by atoms with E-state index in [1.165, 1.54) is 6.42 Å². The van der Waals surface area contributed by atoms with E-state index in [4.69, 9.17) is 14.2 Å². The molecule has 182 valence electrons. The van der Waals surface area contributed by atoms with Crippen molar-refractivity contribution in [2.45, 2.75) is 50.6 Å². The standard InChI is InChI=1S/C27H34N2O5/c1-32-22-11-7-8-20(17-22)26-27(31)29(21-9-5-4-6-10-21)18-25(30)28(26)15-14-19-12-13-23(33-2)24(16-19)34-3/h7-8,11-13,16-17,21,26H,4-6,9-10,14-15,18H2,1-3H3/t26-/m1/s1. The molecular weight excluding hydrogens is 432 g/mol. The van der Waals surface area contributed by atoms with E-state index in [0.717, 1.165) is 36.8 Å². The van der Waals surface area contributed by atoms with Crippen LogP contribution in [0, 0.1) is 0 Å². The van der Waals surface area contributed by atoms with Gasteiger partial charge in [0.25, 0.3) is 5.91 Å². The predicted octanol–water partition coefficient (Wildman–Crippen LogP) is 4.00. The minimum Gasteiger partial charge on any atom is -0.497 e. The molecular formula is C27H34N2O5. The van der Waals surface area contributed by atoms with Gasteiger partial charge in [0.15, 0.2) is 11.5 Å². The average molecular weight is 467 g/mol. The van der Waals surface area contributed by atoms with Crippen molar-refractivity contribution in [3.8, 4) is 17.2 Å². The smallest absolute Gasteiger partial charge is 0.250 e. The Labute approximate surface area is 201 Å². The molecule has 4 rings (SSSR count). The minimum atomic E-state index is -0.654. The van der Waals surface area contributed by atoms with E-state index in [0.29, 0.717) is 30.2 Å². The van der Waals surface area contributed by atoms with E-state index in [1.807, 2.05) is 47.4 Å². The zero-order valence-electron chi connectivity index (χ0n) is 20.3. The first-order valence-electron chi connectivity index (χ1n) is 12.0. The summed E-state index contributed by atoms with van der Waals surface area (Å²) in [5.41, 5.74) is 1.79. The molecule has 7 nitrogen and oxygen atoms in total. The fourth-order valence-corrected chi connectivity index (χ4v) is 5.12. The van der Waals surface area contributed by atoms with Crippen molar-refractivity contribution < 1.29 is 23.8 Å². The number of ether oxygens (including phenoxy) is 3. The second-order valence-electron chi connectivity index (χ2n) is 8.96. The highest BCUT2D eigenvalue weighted by Crippen LogP contribution is 2.34. The lowest BCUT2D eigenvalue weighted by Crippen LogP contribution is -2.58. The zero-order chi connectivity index (χ0) is 24.1. The zero-order valence-corrected chi connectivity index (χ0v) is 20.3. The molecule has 1 heterocycles. The molecule has 1 saturated carbocycles. The lowest BCUT2D eigenvalue weighted by atomic mass is 9.91. The Balaban J connectivity index is 1.61. The van der Waals surface area contributed by atoms with E-state index < -0.39 is 6.04 Å². The molecule has 7 heteroatoms. The van der Waals surface area contributed by atoms with Gasteiger partial charge in [-0.1, -0.05) is 37.5 Å². The van der Waals surface area contributed by atoms with E-state index in [2.05, 4.69) is 0 Å². The Morgan fingerprint density at radius 3 is 2.35 bits per heavy atom. The van der Waals surface area contributed by atoms with Crippen LogP contribution in [0.3, 0.4) is 0 Å². The third kappa shape index (κ3) is 4.98. The number of benzene rings is 2. The lowest BCUT2D eigenvalue weighted by molar-refractivity contribution is -0.159. The molecule has 1 saturated heterocycles. The summed E-state index contributed by atoms with van der Waals surface area (Å²) >= 11 is 0. The maximum absolute atomic E-state index is 13.8. The number of carbonyl (C=O) groups excluding carboxylic acids is 2. The summed E-state index contributed by atoms with van der Waals surface area (Å²) in [6, 6.07) is 12.7. The topological polar surface area (TPSA) is 68.3 Å². The highest BCUT2D eigenvalue weighted by Gasteiger charge is 2.42. The molecule has 1 aliphatic heterocycles. The molecule has 0 spiro atoms. The molecule has 0 unspecified atom stereocenters. The van der Waals surface area contributed by atoms with Crippen molar-refractivity contribution in [1.82, 2.24) is 9.80 Å². The number of amides is 2. The first-order valence-corrected chi connectivity index (χ1v) is 12.0. The number of carbonyl (C=O) groups is 2. The van der Waals surface area contributed by atoms with E-state index in [9.17, 15) is 9.59 Å². The van der Waals surface area contributed by atoms with Crippen molar-refractivity contribution in [2.75, 3.05) is 34.4 Å². The van der Waals surface area contributed by atoms with Crippen LogP contribution in [0.1, 0.15) is 49.3 Å². The minimum absolute atomic E-state index is 0.00654. The molecule has 0 N–H and O–H groups in total. The van der Waals surface area contributed by atoms with Gasteiger partial charge in [-0.3, -0.25) is 9.59 Å². The van der Waals surface area contributed by atoms with Crippen molar-refractivity contribution in [2.24, 2.45) is 0 Å². The van der Waals surface area contributed by atoms with Gasteiger partial charge in [-0.25, -0.2) is 0 Å². The Kier molecular flexibility index (Phi) is 7.60. The SMILES string of the molecule is COc1cccc([C@@H]2C(=O)N(C3CCCCC3)CC(=O)N2CCc2ccc(OC)c(OC)c2)c1. The average Bonchev–Trinajstić information content (AvgIpc) is 2.89. The largest absolute Gasteiger partial charge is 0.497 e. The molecule has 2 aromatic carbocycles. The third-order valence-corrected chi connectivity index (χ3v) is 6.97. The van der Waals surface area contributed by atoms with Crippen LogP contribution in [0.2, 0.25) is 0 Å². The van der Waals surface area contributed by atoms with Crippen LogP contribution in [0.5, 0.6) is 17.2 Å². The van der Waals surface area contributed by atoms with Gasteiger partial charge in [-0.05, 0) is 54.7 Å². The highest BCUT2D eigenvalue weighted by atomic mass is 16.5. The summed E-state index contributed by atoms with van der Waals surface area (Å²) in [6.45, 7) is 0.580. The summed E-state index contributed by atoms with van der Waals surface area (Å²) in [5, 5.41) is 0. The summed E-state index contributed by atoms with van der Waals surface area (Å²) in [5.74, 6) is 1.97. The van der Waals surface area contributed by atoms with Crippen molar-refractivity contribution in [3.63, 3.8) is 0 Å². The highest BCUT2D eigenvalue weighted by molar-refractivity contribution is 5.96. The Morgan fingerprint density at radius 2 is 1.65 bits per heavy atom. The second-order valence-corrected chi connectivity index (χ2v) is 8.96. The van der Waals surface area contributed by atoms with Crippen LogP contribution in [0.4, 0.5) is 0 Å². The number of nitrogens with zero attached hydrogens (tertiary/aromatic N) is 2. The third-order valence-electron chi connectivity index (χ3n) is 6.97. The summed E-state index contributed by atoms with van der Waals surface area (Å²) in [7, 11) is 4.82. The Bertz CT molecular complexity index is 1020. The number of piperazine rings is 1. The normalized spacial score (nSPS) is 19.3. The van der Waals surface area contributed by atoms with Gasteiger partial charge in [-0.15, -0.1) is 0 Å². The van der Waals surface area contributed by atoms with Gasteiger partial charge in [0, 0.05) is 12.6 Å². The van der Waals surface area contributed by atoms with Gasteiger partial charge in [-0.2, -0.15) is 0 Å². The molecule has 2 amide bonds. The number of methoxy groups -OCH3 is 3. The van der Waals surface area contributed by atoms with Crippen LogP contribution >= 0.6 is 0 Å². The maximum atomic E-state index is 13.8. The molecule has 2 fully saturated rings. The molecule has 0 radical (unpaired) electrons. The molecule has 2 aliphatic rings. The summed E-state index contributed by atoms with van der Waals surface area (Å²) in [4.78, 5) is 30.8. The van der Waals surface area contributed by atoms with Crippen LogP contribution < -0.4 is 14.2 Å². The van der Waals surface area contributed by atoms with Crippen LogP contribution in [-0.4, -0.2) is 62.1 Å². The Hall–Kier alpha value is -3.22. The van der Waals surface area contributed by atoms with E-state index in [1.54, 1.807) is 26.2 Å². The number of rotatable bonds is 8. The summed E-state index contributed by atoms with van der Waals surface area (Å²) in [6.07, 6.45) is 5.95. The fraction of sp³-hybridized carbons (Fsp3) is 0.481. The van der Waals surface area contributed by atoms with Crippen LogP contribution in [0.25, 0.3) is 0 Å². The quantitative estimate of drug-likeness (QED) is 0.588. The van der Waals surface area contributed by atoms with Gasteiger partial charge < -0.3 is 24.0 Å².